The lowest BCUT2D eigenvalue weighted by Crippen LogP contribution is -2.44. The lowest BCUT2D eigenvalue weighted by molar-refractivity contribution is -0.138. The predicted molar refractivity (Wildman–Crippen MR) is 153 cm³/mol. The van der Waals surface area contributed by atoms with Gasteiger partial charge in [-0.25, -0.2) is 9.97 Å². The predicted octanol–water partition coefficient (Wildman–Crippen LogP) is 5.11. The van der Waals surface area contributed by atoms with Crippen molar-refractivity contribution < 1.29 is 18.0 Å². The van der Waals surface area contributed by atoms with Gasteiger partial charge in [0.2, 0.25) is 0 Å². The normalized spacial score (nSPS) is 14.6. The zero-order valence-corrected chi connectivity index (χ0v) is 22.9. The molecule has 1 aromatic heterocycles. The van der Waals surface area contributed by atoms with Gasteiger partial charge in [-0.3, -0.25) is 9.69 Å². The zero-order chi connectivity index (χ0) is 29.1. The van der Waals surface area contributed by atoms with E-state index in [2.05, 4.69) is 26.7 Å². The van der Waals surface area contributed by atoms with E-state index in [9.17, 15) is 18.0 Å². The van der Waals surface area contributed by atoms with Crippen LogP contribution in [0.1, 0.15) is 43.7 Å². The summed E-state index contributed by atoms with van der Waals surface area (Å²) in [7, 11) is 2.01. The molecule has 0 bridgehead atoms. The number of nitrogen functional groups attached to an aromatic ring is 1. The summed E-state index contributed by atoms with van der Waals surface area (Å²) in [6.45, 7) is 5.20. The topological polar surface area (TPSA) is 75.4 Å². The monoisotopic (exact) mass is 557 g/mol. The quantitative estimate of drug-likeness (QED) is 0.272. The Morgan fingerprint density at radius 1 is 0.976 bits per heavy atom. The van der Waals surface area contributed by atoms with Gasteiger partial charge >= 0.3 is 6.18 Å². The fourth-order valence-electron chi connectivity index (χ4n) is 4.89. The number of carbonyl (C=O) groups excluding carboxylic acids is 1. The fraction of sp³-hybridized carbons (Fsp3) is 0.281. The Bertz CT molecular complexity index is 1660. The highest BCUT2D eigenvalue weighted by atomic mass is 19.4. The van der Waals surface area contributed by atoms with Crippen LogP contribution < -0.4 is 5.73 Å². The lowest BCUT2D eigenvalue weighted by atomic mass is 9.96. The van der Waals surface area contributed by atoms with Crippen molar-refractivity contribution in [3.05, 3.63) is 99.9 Å². The number of piperazine rings is 1. The second-order valence-electron chi connectivity index (χ2n) is 10.4. The minimum atomic E-state index is -4.51. The van der Waals surface area contributed by atoms with E-state index in [0.29, 0.717) is 28.0 Å². The van der Waals surface area contributed by atoms with Gasteiger partial charge in [-0.15, -0.1) is 0 Å². The molecule has 4 aromatic rings. The van der Waals surface area contributed by atoms with Gasteiger partial charge in [0.15, 0.2) is 5.78 Å². The van der Waals surface area contributed by atoms with Gasteiger partial charge in [-0.05, 0) is 61.0 Å². The van der Waals surface area contributed by atoms with E-state index in [-0.39, 0.29) is 24.3 Å². The van der Waals surface area contributed by atoms with Crippen molar-refractivity contribution in [2.24, 2.45) is 0 Å². The van der Waals surface area contributed by atoms with Crippen LogP contribution >= 0.6 is 0 Å². The first-order chi connectivity index (χ1) is 19.6. The van der Waals surface area contributed by atoms with Gasteiger partial charge < -0.3 is 10.6 Å². The summed E-state index contributed by atoms with van der Waals surface area (Å²) in [5.74, 6) is 6.33. The molecule has 0 unspecified atom stereocenters. The van der Waals surface area contributed by atoms with Crippen molar-refractivity contribution in [2.75, 3.05) is 39.0 Å². The van der Waals surface area contributed by atoms with Crippen molar-refractivity contribution in [3.63, 3.8) is 0 Å². The van der Waals surface area contributed by atoms with Crippen LogP contribution in [0, 0.1) is 18.8 Å². The number of aryl methyl sites for hydroxylation is 1. The molecule has 210 valence electrons. The number of alkyl halides is 3. The molecule has 0 spiro atoms. The minimum Gasteiger partial charge on any atom is -0.383 e. The van der Waals surface area contributed by atoms with Crippen molar-refractivity contribution in [1.29, 1.82) is 0 Å². The average Bonchev–Trinajstić information content (AvgIpc) is 2.94. The molecule has 0 atom stereocenters. The Kier molecular flexibility index (Phi) is 8.06. The number of nitrogens with two attached hydrogens (primary N) is 1. The van der Waals surface area contributed by atoms with Crippen LogP contribution in [0.4, 0.5) is 19.0 Å². The molecular weight excluding hydrogens is 527 g/mol. The Balaban J connectivity index is 1.34. The third-order valence-electron chi connectivity index (χ3n) is 7.40. The van der Waals surface area contributed by atoms with Gasteiger partial charge in [-0.2, -0.15) is 13.2 Å². The first-order valence-electron chi connectivity index (χ1n) is 13.3. The average molecular weight is 558 g/mol. The molecule has 9 heteroatoms. The Morgan fingerprint density at radius 3 is 2.51 bits per heavy atom. The van der Waals surface area contributed by atoms with E-state index in [1.807, 2.05) is 37.1 Å². The molecule has 2 N–H and O–H groups in total. The van der Waals surface area contributed by atoms with Crippen molar-refractivity contribution in [3.8, 4) is 11.8 Å². The molecule has 1 saturated heterocycles. The highest BCUT2D eigenvalue weighted by Gasteiger charge is 2.34. The Labute approximate surface area is 237 Å². The van der Waals surface area contributed by atoms with Gasteiger partial charge in [0.25, 0.3) is 0 Å². The molecule has 0 saturated carbocycles. The van der Waals surface area contributed by atoms with Crippen LogP contribution in [0.5, 0.6) is 0 Å². The molecule has 0 aliphatic carbocycles. The number of nitrogens with zero attached hydrogens (tertiary/aromatic N) is 4. The molecule has 0 amide bonds. The van der Waals surface area contributed by atoms with E-state index in [0.717, 1.165) is 48.8 Å². The number of aromatic nitrogens is 2. The maximum Gasteiger partial charge on any atom is 0.416 e. The maximum absolute atomic E-state index is 14.0. The lowest BCUT2D eigenvalue weighted by Gasteiger charge is -2.33. The number of rotatable bonds is 5. The molecule has 6 nitrogen and oxygen atoms in total. The second-order valence-corrected chi connectivity index (χ2v) is 10.4. The van der Waals surface area contributed by atoms with Crippen LogP contribution in [0.25, 0.3) is 10.9 Å². The summed E-state index contributed by atoms with van der Waals surface area (Å²) < 4.78 is 42.0. The number of carbonyl (C=O) groups is 1. The van der Waals surface area contributed by atoms with E-state index < -0.39 is 11.7 Å². The number of halogens is 3. The summed E-state index contributed by atoms with van der Waals surface area (Å²) in [5.41, 5.74) is 9.12. The van der Waals surface area contributed by atoms with Crippen LogP contribution in [0.2, 0.25) is 0 Å². The summed E-state index contributed by atoms with van der Waals surface area (Å²) in [5, 5.41) is 0.739. The first-order valence-corrected chi connectivity index (χ1v) is 13.3. The number of likely N-dealkylation sites (N-methyl/N-ethyl adjacent to an activating group) is 1. The first kappa shape index (κ1) is 28.3. The smallest absolute Gasteiger partial charge is 0.383 e. The van der Waals surface area contributed by atoms with E-state index in [4.69, 9.17) is 5.73 Å². The molecule has 5 rings (SSSR count). The van der Waals surface area contributed by atoms with Crippen molar-refractivity contribution in [1.82, 2.24) is 19.8 Å². The molecule has 3 aromatic carbocycles. The van der Waals surface area contributed by atoms with E-state index in [1.165, 1.54) is 12.4 Å². The summed E-state index contributed by atoms with van der Waals surface area (Å²) in [4.78, 5) is 25.6. The van der Waals surface area contributed by atoms with E-state index >= 15 is 0 Å². The van der Waals surface area contributed by atoms with Gasteiger partial charge in [0.05, 0.1) is 11.1 Å². The largest absolute Gasteiger partial charge is 0.416 e. The molecule has 1 aliphatic rings. The Hall–Kier alpha value is -4.26. The van der Waals surface area contributed by atoms with Crippen LogP contribution in [0.15, 0.2) is 60.9 Å². The number of benzene rings is 3. The highest BCUT2D eigenvalue weighted by Crippen LogP contribution is 2.34. The summed E-state index contributed by atoms with van der Waals surface area (Å²) >= 11 is 0. The molecule has 1 fully saturated rings. The van der Waals surface area contributed by atoms with E-state index in [1.54, 1.807) is 24.3 Å². The summed E-state index contributed by atoms with van der Waals surface area (Å²) in [6.07, 6.45) is -3.25. The van der Waals surface area contributed by atoms with Gasteiger partial charge in [0.1, 0.15) is 12.1 Å². The molecule has 0 radical (unpaired) electrons. The van der Waals surface area contributed by atoms with Crippen molar-refractivity contribution in [2.45, 2.75) is 26.1 Å². The minimum absolute atomic E-state index is 0.139. The maximum atomic E-state index is 14.0. The number of fused-ring (bicyclic) bond motifs is 1. The molecule has 41 heavy (non-hydrogen) atoms. The Morgan fingerprint density at radius 2 is 1.76 bits per heavy atom. The second kappa shape index (κ2) is 11.7. The SMILES string of the molecule is Cc1ccc(C(=O)Cc2ccc(CN3CCN(C)CC3)c(C(F)(F)F)c2)cc1C#Cc1ccc2c(N)ncnc2c1. The molecule has 1 aliphatic heterocycles. The molecular formula is C32H30F3N5O. The van der Waals surface area contributed by atoms with Crippen molar-refractivity contribution >= 4 is 22.5 Å². The zero-order valence-electron chi connectivity index (χ0n) is 22.9. The van der Waals surface area contributed by atoms with Gasteiger partial charge in [-0.1, -0.05) is 36.1 Å². The van der Waals surface area contributed by atoms with Crippen LogP contribution in [-0.4, -0.2) is 58.8 Å². The standard InChI is InChI=1S/C32H30F3N5O/c1-21-3-7-25(18-24(21)8-4-22-6-10-27-29(16-22)37-20-38-31(27)36)30(41)17-23-5-9-26(28(15-23)32(33,34)35)19-40-13-11-39(2)12-14-40/h3,5-7,9-10,15-16,18,20H,11-14,17,19H2,1-2H3,(H2,36,37,38). The number of Topliss-reactive ketones (excluding diaryl/α,β-unsaturated/α-hetero) is 1. The number of ketones is 1. The van der Waals surface area contributed by atoms with Crippen LogP contribution in [0.3, 0.4) is 0 Å². The number of anilines is 1. The number of hydrogen-bond donors (Lipinski definition) is 1. The molecule has 2 heterocycles. The third kappa shape index (κ3) is 6.73. The van der Waals surface area contributed by atoms with Crippen LogP contribution in [-0.2, 0) is 19.1 Å². The summed E-state index contributed by atoms with van der Waals surface area (Å²) in [6, 6.07) is 14.9. The third-order valence-corrected chi connectivity index (χ3v) is 7.40. The highest BCUT2D eigenvalue weighted by molar-refractivity contribution is 5.98. The number of hydrogen-bond acceptors (Lipinski definition) is 6. The van der Waals surface area contributed by atoms with Gasteiger partial charge in [0, 0.05) is 61.2 Å². The fourth-order valence-corrected chi connectivity index (χ4v) is 4.89.